The van der Waals surface area contributed by atoms with Gasteiger partial charge in [-0.1, -0.05) is 45.3 Å². The van der Waals surface area contributed by atoms with Gasteiger partial charge in [0, 0.05) is 29.5 Å². The highest BCUT2D eigenvalue weighted by Gasteiger charge is 2.14. The topological polar surface area (TPSA) is 86.6 Å². The Kier molecular flexibility index (Phi) is 9.38. The summed E-state index contributed by atoms with van der Waals surface area (Å²) in [6, 6.07) is 6.97. The third kappa shape index (κ3) is 8.53. The molecule has 0 bridgehead atoms. The van der Waals surface area contributed by atoms with Gasteiger partial charge in [-0.05, 0) is 17.7 Å². The van der Waals surface area contributed by atoms with Crippen molar-refractivity contribution in [2.75, 3.05) is 18.1 Å². The van der Waals surface area contributed by atoms with E-state index in [-0.39, 0.29) is 12.8 Å². The molecule has 122 valence electrons. The van der Waals surface area contributed by atoms with Gasteiger partial charge in [-0.15, -0.1) is 0 Å². The second kappa shape index (κ2) is 10.8. The summed E-state index contributed by atoms with van der Waals surface area (Å²) in [5.74, 6) is -0.0330. The fourth-order valence-electron chi connectivity index (χ4n) is 1.52. The van der Waals surface area contributed by atoms with E-state index in [0.717, 1.165) is 5.56 Å². The Morgan fingerprint density at radius 1 is 1.18 bits per heavy atom. The average molecular weight is 364 g/mol. The number of aliphatic carboxylic acids is 1. The third-order valence-corrected chi connectivity index (χ3v) is 5.27. The molecule has 1 unspecified atom stereocenters. The summed E-state index contributed by atoms with van der Waals surface area (Å²) in [7, 11) is 2.95. The maximum Gasteiger partial charge on any atom is 0.304 e. The number of carbonyl (C=O) groups excluding carboxylic acids is 1. The van der Waals surface area contributed by atoms with Crippen LogP contribution in [0.25, 0.3) is 0 Å². The van der Waals surface area contributed by atoms with Crippen LogP contribution in [0.1, 0.15) is 12.0 Å². The van der Waals surface area contributed by atoms with Gasteiger partial charge >= 0.3 is 5.97 Å². The number of carboxylic acids is 1. The molecule has 0 saturated heterocycles. The number of hydrogen-bond acceptors (Lipinski definition) is 5. The molecule has 0 aliphatic rings. The average Bonchev–Trinajstić information content (AvgIpc) is 2.48. The Morgan fingerprint density at radius 3 is 2.45 bits per heavy atom. The number of nitrogens with one attached hydrogen (secondary N) is 1. The molecule has 0 aromatic heterocycles. The van der Waals surface area contributed by atoms with Crippen molar-refractivity contribution in [2.45, 2.75) is 18.9 Å². The zero-order chi connectivity index (χ0) is 16.4. The van der Waals surface area contributed by atoms with Crippen LogP contribution in [0.15, 0.2) is 24.3 Å². The molecule has 0 heterocycles. The monoisotopic (exact) mass is 363 g/mol. The molecule has 22 heavy (non-hydrogen) atoms. The lowest BCUT2D eigenvalue weighted by Crippen LogP contribution is -2.37. The molecule has 0 radical (unpaired) electrons. The van der Waals surface area contributed by atoms with Crippen molar-refractivity contribution in [2.24, 2.45) is 0 Å². The number of rotatable bonds is 10. The molecule has 1 aromatic carbocycles. The van der Waals surface area contributed by atoms with Gasteiger partial charge in [0.15, 0.2) is 0 Å². The van der Waals surface area contributed by atoms with Crippen LogP contribution < -0.4 is 5.32 Å². The number of benzene rings is 1. The Balaban J connectivity index is 2.13. The van der Waals surface area contributed by atoms with E-state index in [4.69, 9.17) is 16.7 Å². The molecular formula is C14H18ClNO4S2. The zero-order valence-corrected chi connectivity index (χ0v) is 14.2. The molecule has 5 nitrogen and oxygen atoms in total. The predicted molar refractivity (Wildman–Crippen MR) is 91.3 cm³/mol. The van der Waals surface area contributed by atoms with Crippen molar-refractivity contribution in [3.8, 4) is 0 Å². The fourth-order valence-corrected chi connectivity index (χ4v) is 3.53. The molecule has 0 aliphatic heterocycles. The van der Waals surface area contributed by atoms with Gasteiger partial charge in [-0.25, -0.2) is 0 Å². The van der Waals surface area contributed by atoms with Crippen LogP contribution in [0.4, 0.5) is 0 Å². The minimum absolute atomic E-state index is 0.129. The highest BCUT2D eigenvalue weighted by Crippen LogP contribution is 2.20. The van der Waals surface area contributed by atoms with E-state index in [0.29, 0.717) is 23.1 Å². The number of carbonyl (C=O) groups is 2. The molecule has 0 aliphatic carbocycles. The first-order valence-corrected chi connectivity index (χ1v) is 9.52. The maximum absolute atomic E-state index is 11.7. The van der Waals surface area contributed by atoms with Crippen molar-refractivity contribution in [1.29, 1.82) is 0 Å². The van der Waals surface area contributed by atoms with Crippen molar-refractivity contribution in [3.63, 3.8) is 0 Å². The first-order valence-electron chi connectivity index (χ1n) is 6.65. The molecule has 3 N–H and O–H groups in total. The summed E-state index contributed by atoms with van der Waals surface area (Å²) in [4.78, 5) is 22.0. The van der Waals surface area contributed by atoms with Crippen LogP contribution >= 0.6 is 33.2 Å². The molecular weight excluding hydrogens is 346 g/mol. The van der Waals surface area contributed by atoms with Crippen LogP contribution in [-0.4, -0.2) is 46.2 Å². The number of aliphatic hydroxyl groups excluding tert-OH is 1. The number of aliphatic hydroxyl groups is 1. The zero-order valence-electron chi connectivity index (χ0n) is 11.8. The maximum atomic E-state index is 11.7. The van der Waals surface area contributed by atoms with Crippen LogP contribution in [0.2, 0.25) is 5.02 Å². The van der Waals surface area contributed by atoms with E-state index in [1.807, 2.05) is 0 Å². The van der Waals surface area contributed by atoms with Crippen molar-refractivity contribution in [3.05, 3.63) is 34.9 Å². The molecule has 8 heteroatoms. The van der Waals surface area contributed by atoms with Crippen molar-refractivity contribution >= 4 is 45.1 Å². The largest absolute Gasteiger partial charge is 0.481 e. The quantitative estimate of drug-likeness (QED) is 0.436. The van der Waals surface area contributed by atoms with E-state index in [1.54, 1.807) is 24.3 Å². The molecule has 0 saturated carbocycles. The lowest BCUT2D eigenvalue weighted by molar-refractivity contribution is -0.136. The molecule has 0 fully saturated rings. The van der Waals surface area contributed by atoms with Crippen LogP contribution in [-0.2, 0) is 16.0 Å². The number of halogens is 1. The van der Waals surface area contributed by atoms with E-state index in [2.05, 4.69) is 5.32 Å². The SMILES string of the molecule is O=C(O)CCSSCCNC(=O)C(O)Cc1ccc(Cl)cc1. The van der Waals surface area contributed by atoms with E-state index < -0.39 is 18.0 Å². The van der Waals surface area contributed by atoms with Crippen molar-refractivity contribution in [1.82, 2.24) is 5.32 Å². The Morgan fingerprint density at radius 2 is 1.82 bits per heavy atom. The van der Waals surface area contributed by atoms with Crippen LogP contribution in [0.5, 0.6) is 0 Å². The highest BCUT2D eigenvalue weighted by atomic mass is 35.5. The number of amides is 1. The van der Waals surface area contributed by atoms with Gasteiger partial charge < -0.3 is 15.5 Å². The third-order valence-electron chi connectivity index (χ3n) is 2.61. The summed E-state index contributed by atoms with van der Waals surface area (Å²) in [5, 5.41) is 21.6. The Hall–Kier alpha value is -0.890. The molecule has 0 spiro atoms. The number of hydrogen-bond donors (Lipinski definition) is 3. The standard InChI is InChI=1S/C14H18ClNO4S2/c15-11-3-1-10(2-4-11)9-12(17)14(20)16-6-8-22-21-7-5-13(18)19/h1-4,12,17H,5-9H2,(H,16,20)(H,18,19). The van der Waals surface area contributed by atoms with Crippen LogP contribution in [0, 0.1) is 0 Å². The van der Waals surface area contributed by atoms with Gasteiger partial charge in [0.2, 0.25) is 5.91 Å². The Bertz CT molecular complexity index is 484. The first-order chi connectivity index (χ1) is 10.5. The van der Waals surface area contributed by atoms with Crippen molar-refractivity contribution < 1.29 is 19.8 Å². The molecule has 1 amide bonds. The van der Waals surface area contributed by atoms with Gasteiger partial charge in [-0.3, -0.25) is 9.59 Å². The Labute approximate surface area is 142 Å². The fraction of sp³-hybridized carbons (Fsp3) is 0.429. The first kappa shape index (κ1) is 19.2. The molecule has 1 aromatic rings. The second-order valence-electron chi connectivity index (χ2n) is 4.43. The summed E-state index contributed by atoms with van der Waals surface area (Å²) in [6.45, 7) is 0.432. The van der Waals surface area contributed by atoms with Crippen LogP contribution in [0.3, 0.4) is 0 Å². The lowest BCUT2D eigenvalue weighted by Gasteiger charge is -2.11. The smallest absolute Gasteiger partial charge is 0.304 e. The van der Waals surface area contributed by atoms with E-state index >= 15 is 0 Å². The highest BCUT2D eigenvalue weighted by molar-refractivity contribution is 8.76. The molecule has 1 rings (SSSR count). The minimum atomic E-state index is -1.09. The van der Waals surface area contributed by atoms with Gasteiger partial charge in [0.1, 0.15) is 6.10 Å². The summed E-state index contributed by atoms with van der Waals surface area (Å²) in [5.41, 5.74) is 0.839. The minimum Gasteiger partial charge on any atom is -0.481 e. The molecule has 1 atom stereocenters. The summed E-state index contributed by atoms with van der Waals surface area (Å²) in [6.07, 6.45) is -0.723. The van der Waals surface area contributed by atoms with Gasteiger partial charge in [-0.2, -0.15) is 0 Å². The van der Waals surface area contributed by atoms with Gasteiger partial charge in [0.25, 0.3) is 0 Å². The summed E-state index contributed by atoms with van der Waals surface area (Å²) >= 11 is 5.77. The number of carboxylic acid groups (broad SMARTS) is 1. The normalized spacial score (nSPS) is 11.9. The summed E-state index contributed by atoms with van der Waals surface area (Å²) < 4.78 is 0. The van der Waals surface area contributed by atoms with E-state index in [1.165, 1.54) is 21.6 Å². The second-order valence-corrected chi connectivity index (χ2v) is 7.56. The predicted octanol–water partition coefficient (Wildman–Crippen LogP) is 2.22. The van der Waals surface area contributed by atoms with E-state index in [9.17, 15) is 14.7 Å². The van der Waals surface area contributed by atoms with Gasteiger partial charge in [0.05, 0.1) is 6.42 Å². The lowest BCUT2D eigenvalue weighted by atomic mass is 10.1.